The molecule has 1 amide bonds. The van der Waals surface area contributed by atoms with E-state index in [1.54, 1.807) is 0 Å². The quantitative estimate of drug-likeness (QED) is 0.755. The molecule has 0 aromatic heterocycles. The largest absolute Gasteiger partial charge is 0.491 e. The maximum Gasteiger partial charge on any atom is 0.404 e. The Hall–Kier alpha value is -1.53. The number of hydrogen-bond donors (Lipinski definition) is 2. The number of carbonyl (C=O) groups is 1. The summed E-state index contributed by atoms with van der Waals surface area (Å²) in [6.45, 7) is 6.73. The van der Waals surface area contributed by atoms with Gasteiger partial charge in [-0.3, -0.25) is 0 Å². The predicted octanol–water partition coefficient (Wildman–Crippen LogP) is 2.55. The van der Waals surface area contributed by atoms with E-state index in [4.69, 9.17) is 14.3 Å². The summed E-state index contributed by atoms with van der Waals surface area (Å²) < 4.78 is 11.5. The van der Waals surface area contributed by atoms with E-state index in [0.717, 1.165) is 5.75 Å². The maximum absolute atomic E-state index is 10.5. The van der Waals surface area contributed by atoms with Crippen LogP contribution in [0.2, 0.25) is 19.6 Å². The van der Waals surface area contributed by atoms with E-state index in [9.17, 15) is 4.79 Å². The van der Waals surface area contributed by atoms with Crippen LogP contribution >= 0.6 is 0 Å². The minimum Gasteiger partial charge on any atom is -0.491 e. The van der Waals surface area contributed by atoms with E-state index in [2.05, 4.69) is 25.0 Å². The van der Waals surface area contributed by atoms with Gasteiger partial charge in [0, 0.05) is 6.54 Å². The normalized spacial score (nSPS) is 12.8. The van der Waals surface area contributed by atoms with Crippen LogP contribution in [0.1, 0.15) is 0 Å². The summed E-state index contributed by atoms with van der Waals surface area (Å²) in [7, 11) is -1.74. The van der Waals surface area contributed by atoms with Gasteiger partial charge in [0.05, 0.1) is 6.10 Å². The molecule has 0 aliphatic carbocycles. The Kier molecular flexibility index (Phi) is 5.84. The number of carboxylic acid groups (broad SMARTS) is 1. The van der Waals surface area contributed by atoms with Crippen LogP contribution in [0, 0.1) is 0 Å². The maximum atomic E-state index is 10.5. The second-order valence-corrected chi connectivity index (χ2v) is 9.62. The summed E-state index contributed by atoms with van der Waals surface area (Å²) in [6, 6.07) is 9.40. The van der Waals surface area contributed by atoms with E-state index < -0.39 is 14.4 Å². The van der Waals surface area contributed by atoms with Gasteiger partial charge in [0.25, 0.3) is 0 Å². The van der Waals surface area contributed by atoms with Crippen molar-refractivity contribution >= 4 is 14.4 Å². The number of nitrogens with one attached hydrogen (secondary N) is 1. The van der Waals surface area contributed by atoms with Crippen molar-refractivity contribution in [1.29, 1.82) is 0 Å². The lowest BCUT2D eigenvalue weighted by Crippen LogP contribution is -2.42. The number of benzene rings is 1. The lowest BCUT2D eigenvalue weighted by atomic mass is 10.3. The highest BCUT2D eigenvalue weighted by molar-refractivity contribution is 6.69. The van der Waals surface area contributed by atoms with Crippen molar-refractivity contribution in [1.82, 2.24) is 5.32 Å². The zero-order valence-corrected chi connectivity index (χ0v) is 12.6. The van der Waals surface area contributed by atoms with Crippen LogP contribution in [0.15, 0.2) is 30.3 Å². The van der Waals surface area contributed by atoms with Crippen molar-refractivity contribution in [2.24, 2.45) is 0 Å². The highest BCUT2D eigenvalue weighted by Gasteiger charge is 2.22. The second kappa shape index (κ2) is 7.15. The zero-order valence-electron chi connectivity index (χ0n) is 11.6. The standard InChI is InChI=1S/C13H21NO4Si/c1-19(2,3)18-12(9-14-13(15)16)10-17-11-7-5-4-6-8-11/h4-8,12,14H,9-10H2,1-3H3,(H,15,16)/t12-/m0/s1. The first-order valence-corrected chi connectivity index (χ1v) is 9.60. The molecule has 0 spiro atoms. The molecule has 5 nitrogen and oxygen atoms in total. The van der Waals surface area contributed by atoms with Crippen LogP contribution in [0.3, 0.4) is 0 Å². The van der Waals surface area contributed by atoms with Crippen molar-refractivity contribution in [3.8, 4) is 5.75 Å². The topological polar surface area (TPSA) is 67.8 Å². The molecule has 0 aliphatic rings. The molecule has 1 rings (SSSR count). The van der Waals surface area contributed by atoms with Crippen molar-refractivity contribution in [3.63, 3.8) is 0 Å². The molecule has 2 N–H and O–H groups in total. The van der Waals surface area contributed by atoms with Crippen LogP contribution in [-0.4, -0.2) is 38.8 Å². The fourth-order valence-corrected chi connectivity index (χ4v) is 2.69. The molecule has 1 atom stereocenters. The minimum atomic E-state index is -1.74. The minimum absolute atomic E-state index is 0.229. The Morgan fingerprint density at radius 2 is 1.95 bits per heavy atom. The average Bonchev–Trinajstić information content (AvgIpc) is 2.32. The SMILES string of the molecule is C[Si](C)(C)O[C@@H](CNC(=O)O)COc1ccccc1. The van der Waals surface area contributed by atoms with Gasteiger partial charge >= 0.3 is 6.09 Å². The molecular weight excluding hydrogens is 262 g/mol. The van der Waals surface area contributed by atoms with Crippen LogP contribution in [0.5, 0.6) is 5.75 Å². The van der Waals surface area contributed by atoms with E-state index in [0.29, 0.717) is 6.61 Å². The summed E-state index contributed by atoms with van der Waals surface area (Å²) >= 11 is 0. The molecule has 1 aromatic rings. The van der Waals surface area contributed by atoms with Gasteiger partial charge < -0.3 is 19.6 Å². The van der Waals surface area contributed by atoms with Gasteiger partial charge in [-0.25, -0.2) is 4.79 Å². The highest BCUT2D eigenvalue weighted by atomic mass is 28.4. The third-order valence-electron chi connectivity index (χ3n) is 2.18. The van der Waals surface area contributed by atoms with Crippen molar-refractivity contribution in [3.05, 3.63) is 30.3 Å². The summed E-state index contributed by atoms with van der Waals surface area (Å²) in [5, 5.41) is 11.0. The van der Waals surface area contributed by atoms with E-state index in [1.807, 2.05) is 30.3 Å². The molecule has 0 saturated carbocycles. The molecule has 1 aromatic carbocycles. The molecule has 0 fully saturated rings. The van der Waals surface area contributed by atoms with Gasteiger partial charge in [-0.1, -0.05) is 18.2 Å². The molecule has 6 heteroatoms. The summed E-state index contributed by atoms with van der Waals surface area (Å²) in [5.74, 6) is 0.752. The Morgan fingerprint density at radius 1 is 1.32 bits per heavy atom. The molecule has 0 unspecified atom stereocenters. The Morgan fingerprint density at radius 3 is 2.47 bits per heavy atom. The van der Waals surface area contributed by atoms with Gasteiger partial charge in [0.15, 0.2) is 8.32 Å². The molecular formula is C13H21NO4Si. The smallest absolute Gasteiger partial charge is 0.404 e. The predicted molar refractivity (Wildman–Crippen MR) is 76.2 cm³/mol. The second-order valence-electron chi connectivity index (χ2n) is 5.16. The Bertz CT molecular complexity index is 391. The summed E-state index contributed by atoms with van der Waals surface area (Å²) in [4.78, 5) is 10.5. The number of para-hydroxylation sites is 1. The molecule has 106 valence electrons. The fourth-order valence-electron chi connectivity index (χ4n) is 1.54. The molecule has 19 heavy (non-hydrogen) atoms. The highest BCUT2D eigenvalue weighted by Crippen LogP contribution is 2.12. The fraction of sp³-hybridized carbons (Fsp3) is 0.462. The third kappa shape index (κ3) is 7.48. The number of rotatable bonds is 7. The molecule has 0 heterocycles. The Labute approximate surface area is 114 Å². The summed E-state index contributed by atoms with van der Waals surface area (Å²) in [6.07, 6.45) is -1.33. The van der Waals surface area contributed by atoms with Crippen LogP contribution in [-0.2, 0) is 4.43 Å². The van der Waals surface area contributed by atoms with Crippen molar-refractivity contribution in [2.45, 2.75) is 25.7 Å². The lowest BCUT2D eigenvalue weighted by Gasteiger charge is -2.26. The number of ether oxygens (including phenoxy) is 1. The third-order valence-corrected chi connectivity index (χ3v) is 3.22. The van der Waals surface area contributed by atoms with Gasteiger partial charge in [-0.2, -0.15) is 0 Å². The van der Waals surface area contributed by atoms with Crippen molar-refractivity contribution < 1.29 is 19.1 Å². The first kappa shape index (κ1) is 15.5. The molecule has 0 saturated heterocycles. The van der Waals surface area contributed by atoms with Crippen LogP contribution in [0.25, 0.3) is 0 Å². The van der Waals surface area contributed by atoms with Crippen molar-refractivity contribution in [2.75, 3.05) is 13.2 Å². The van der Waals surface area contributed by atoms with Gasteiger partial charge in [-0.15, -0.1) is 0 Å². The number of hydrogen-bond acceptors (Lipinski definition) is 3. The first-order valence-electron chi connectivity index (χ1n) is 6.19. The average molecular weight is 283 g/mol. The monoisotopic (exact) mass is 283 g/mol. The van der Waals surface area contributed by atoms with E-state index in [1.165, 1.54) is 0 Å². The molecule has 0 bridgehead atoms. The number of amides is 1. The molecule has 0 radical (unpaired) electrons. The zero-order chi connectivity index (χ0) is 14.3. The molecule has 0 aliphatic heterocycles. The lowest BCUT2D eigenvalue weighted by molar-refractivity contribution is 0.118. The van der Waals surface area contributed by atoms with E-state index >= 15 is 0 Å². The van der Waals surface area contributed by atoms with Gasteiger partial charge in [0.1, 0.15) is 12.4 Å². The van der Waals surface area contributed by atoms with Crippen LogP contribution < -0.4 is 10.1 Å². The van der Waals surface area contributed by atoms with E-state index in [-0.39, 0.29) is 12.6 Å². The van der Waals surface area contributed by atoms with Gasteiger partial charge in [0.2, 0.25) is 0 Å². The summed E-state index contributed by atoms with van der Waals surface area (Å²) in [5.41, 5.74) is 0. The van der Waals surface area contributed by atoms with Crippen LogP contribution in [0.4, 0.5) is 4.79 Å². The Balaban J connectivity index is 2.50. The first-order chi connectivity index (χ1) is 8.87. The van der Waals surface area contributed by atoms with Gasteiger partial charge in [-0.05, 0) is 31.8 Å².